The predicted octanol–water partition coefficient (Wildman–Crippen LogP) is 3.24. The fourth-order valence-corrected chi connectivity index (χ4v) is 3.45. The van der Waals surface area contributed by atoms with E-state index < -0.39 is 0 Å². The van der Waals surface area contributed by atoms with Crippen LogP contribution < -0.4 is 18.9 Å². The van der Waals surface area contributed by atoms with Crippen LogP contribution in [-0.4, -0.2) is 45.8 Å². The Bertz CT molecular complexity index is 820. The SMILES string of the molecule is COc1ccc(CN2CC(c3ccc(OC)c(OC)c3)CC2=O)cc1OC. The Labute approximate surface area is 159 Å². The molecule has 0 radical (unpaired) electrons. The first-order valence-corrected chi connectivity index (χ1v) is 8.80. The number of benzene rings is 2. The van der Waals surface area contributed by atoms with Gasteiger partial charge in [-0.05, 0) is 35.4 Å². The smallest absolute Gasteiger partial charge is 0.223 e. The maximum absolute atomic E-state index is 12.5. The van der Waals surface area contributed by atoms with E-state index in [1.807, 2.05) is 41.3 Å². The van der Waals surface area contributed by atoms with Crippen LogP contribution >= 0.6 is 0 Å². The third-order valence-corrected chi connectivity index (χ3v) is 4.91. The van der Waals surface area contributed by atoms with Crippen molar-refractivity contribution in [1.82, 2.24) is 4.90 Å². The highest BCUT2D eigenvalue weighted by molar-refractivity contribution is 5.80. The van der Waals surface area contributed by atoms with Gasteiger partial charge >= 0.3 is 0 Å². The van der Waals surface area contributed by atoms with E-state index in [2.05, 4.69) is 0 Å². The molecule has 1 aliphatic heterocycles. The van der Waals surface area contributed by atoms with Crippen molar-refractivity contribution in [2.75, 3.05) is 35.0 Å². The number of rotatable bonds is 7. The number of hydrogen-bond donors (Lipinski definition) is 0. The van der Waals surface area contributed by atoms with Gasteiger partial charge in [0.1, 0.15) is 0 Å². The van der Waals surface area contributed by atoms with Crippen molar-refractivity contribution >= 4 is 5.91 Å². The first-order chi connectivity index (χ1) is 13.1. The number of carbonyl (C=O) groups excluding carboxylic acids is 1. The van der Waals surface area contributed by atoms with Gasteiger partial charge in [-0.15, -0.1) is 0 Å². The highest BCUT2D eigenvalue weighted by atomic mass is 16.5. The Balaban J connectivity index is 1.74. The van der Waals surface area contributed by atoms with Gasteiger partial charge in [0.15, 0.2) is 23.0 Å². The molecule has 0 N–H and O–H groups in total. The van der Waals surface area contributed by atoms with Gasteiger partial charge in [-0.3, -0.25) is 4.79 Å². The van der Waals surface area contributed by atoms with Crippen molar-refractivity contribution in [3.63, 3.8) is 0 Å². The minimum Gasteiger partial charge on any atom is -0.493 e. The molecule has 0 aromatic heterocycles. The van der Waals surface area contributed by atoms with Crippen LogP contribution in [0.4, 0.5) is 0 Å². The minimum absolute atomic E-state index is 0.137. The highest BCUT2D eigenvalue weighted by Gasteiger charge is 2.31. The molecule has 1 unspecified atom stereocenters. The number of hydrogen-bond acceptors (Lipinski definition) is 5. The second-order valence-electron chi connectivity index (χ2n) is 6.48. The van der Waals surface area contributed by atoms with Crippen LogP contribution in [-0.2, 0) is 11.3 Å². The van der Waals surface area contributed by atoms with Crippen LogP contribution in [0.15, 0.2) is 36.4 Å². The van der Waals surface area contributed by atoms with E-state index in [4.69, 9.17) is 18.9 Å². The molecule has 2 aromatic carbocycles. The van der Waals surface area contributed by atoms with Gasteiger partial charge in [-0.1, -0.05) is 12.1 Å². The lowest BCUT2D eigenvalue weighted by Crippen LogP contribution is -2.24. The Hall–Kier alpha value is -2.89. The number of nitrogens with zero attached hydrogens (tertiary/aromatic N) is 1. The quantitative estimate of drug-likeness (QED) is 0.748. The fourth-order valence-electron chi connectivity index (χ4n) is 3.45. The molecule has 3 rings (SSSR count). The summed E-state index contributed by atoms with van der Waals surface area (Å²) in [6, 6.07) is 11.6. The molecule has 1 aliphatic rings. The largest absolute Gasteiger partial charge is 0.493 e. The maximum Gasteiger partial charge on any atom is 0.223 e. The molecule has 1 amide bonds. The van der Waals surface area contributed by atoms with Crippen molar-refractivity contribution in [2.24, 2.45) is 0 Å². The molecule has 6 heteroatoms. The van der Waals surface area contributed by atoms with E-state index in [0.717, 1.165) is 11.1 Å². The normalized spacial score (nSPS) is 16.4. The Morgan fingerprint density at radius 1 is 0.852 bits per heavy atom. The molecule has 0 saturated carbocycles. The Morgan fingerprint density at radius 3 is 2.07 bits per heavy atom. The van der Waals surface area contributed by atoms with Crippen LogP contribution in [0.1, 0.15) is 23.5 Å². The van der Waals surface area contributed by atoms with E-state index in [1.165, 1.54) is 0 Å². The summed E-state index contributed by atoms with van der Waals surface area (Å²) >= 11 is 0. The minimum atomic E-state index is 0.137. The number of ether oxygens (including phenoxy) is 4. The molecule has 1 saturated heterocycles. The summed E-state index contributed by atoms with van der Waals surface area (Å²) in [5.74, 6) is 2.99. The molecule has 1 heterocycles. The molecular weight excluding hydrogens is 346 g/mol. The maximum atomic E-state index is 12.5. The van der Waals surface area contributed by atoms with Gasteiger partial charge in [0.05, 0.1) is 28.4 Å². The van der Waals surface area contributed by atoms with E-state index in [1.54, 1.807) is 28.4 Å². The summed E-state index contributed by atoms with van der Waals surface area (Å²) in [4.78, 5) is 14.4. The zero-order valence-electron chi connectivity index (χ0n) is 16.2. The highest BCUT2D eigenvalue weighted by Crippen LogP contribution is 2.35. The van der Waals surface area contributed by atoms with E-state index in [0.29, 0.717) is 42.5 Å². The van der Waals surface area contributed by atoms with Crippen LogP contribution in [0.25, 0.3) is 0 Å². The lowest BCUT2D eigenvalue weighted by Gasteiger charge is -2.18. The van der Waals surface area contributed by atoms with Crippen LogP contribution in [0.5, 0.6) is 23.0 Å². The molecule has 1 fully saturated rings. The molecule has 144 valence electrons. The molecular formula is C21H25NO5. The van der Waals surface area contributed by atoms with Gasteiger partial charge < -0.3 is 23.8 Å². The number of amides is 1. The number of likely N-dealkylation sites (tertiary alicyclic amines) is 1. The van der Waals surface area contributed by atoms with Gasteiger partial charge in [-0.25, -0.2) is 0 Å². The Kier molecular flexibility index (Phi) is 5.74. The lowest BCUT2D eigenvalue weighted by molar-refractivity contribution is -0.128. The topological polar surface area (TPSA) is 57.2 Å². The second-order valence-corrected chi connectivity index (χ2v) is 6.48. The third-order valence-electron chi connectivity index (χ3n) is 4.91. The van der Waals surface area contributed by atoms with Crippen LogP contribution in [0.3, 0.4) is 0 Å². The predicted molar refractivity (Wildman–Crippen MR) is 102 cm³/mol. The molecule has 0 aliphatic carbocycles. The van der Waals surface area contributed by atoms with Crippen molar-refractivity contribution < 1.29 is 23.7 Å². The summed E-state index contributed by atoms with van der Waals surface area (Å²) in [5, 5.41) is 0. The molecule has 0 spiro atoms. The average Bonchev–Trinajstić information content (AvgIpc) is 3.07. The monoisotopic (exact) mass is 371 g/mol. The van der Waals surface area contributed by atoms with Gasteiger partial charge in [0, 0.05) is 25.4 Å². The summed E-state index contributed by atoms with van der Waals surface area (Å²) in [6.07, 6.45) is 0.489. The van der Waals surface area contributed by atoms with Gasteiger partial charge in [0.25, 0.3) is 0 Å². The number of carbonyl (C=O) groups is 1. The molecule has 1 atom stereocenters. The van der Waals surface area contributed by atoms with Crippen molar-refractivity contribution in [1.29, 1.82) is 0 Å². The Morgan fingerprint density at radius 2 is 1.44 bits per heavy atom. The van der Waals surface area contributed by atoms with E-state index in [9.17, 15) is 4.79 Å². The van der Waals surface area contributed by atoms with Crippen LogP contribution in [0.2, 0.25) is 0 Å². The summed E-state index contributed by atoms with van der Waals surface area (Å²) in [7, 11) is 6.44. The molecule has 0 bridgehead atoms. The van der Waals surface area contributed by atoms with Gasteiger partial charge in [0.2, 0.25) is 5.91 Å². The zero-order chi connectivity index (χ0) is 19.4. The lowest BCUT2D eigenvalue weighted by atomic mass is 9.98. The average molecular weight is 371 g/mol. The van der Waals surface area contributed by atoms with Crippen molar-refractivity contribution in [2.45, 2.75) is 18.9 Å². The molecule has 2 aromatic rings. The van der Waals surface area contributed by atoms with E-state index in [-0.39, 0.29) is 11.8 Å². The summed E-state index contributed by atoms with van der Waals surface area (Å²) < 4.78 is 21.3. The molecule has 27 heavy (non-hydrogen) atoms. The van der Waals surface area contributed by atoms with Crippen molar-refractivity contribution in [3.05, 3.63) is 47.5 Å². The zero-order valence-corrected chi connectivity index (χ0v) is 16.2. The van der Waals surface area contributed by atoms with Crippen molar-refractivity contribution in [3.8, 4) is 23.0 Å². The number of methoxy groups -OCH3 is 4. The summed E-state index contributed by atoms with van der Waals surface area (Å²) in [6.45, 7) is 1.21. The fraction of sp³-hybridized carbons (Fsp3) is 0.381. The second kappa shape index (κ2) is 8.20. The van der Waals surface area contributed by atoms with Crippen LogP contribution in [0, 0.1) is 0 Å². The third kappa shape index (κ3) is 3.94. The van der Waals surface area contributed by atoms with Gasteiger partial charge in [-0.2, -0.15) is 0 Å². The summed E-state index contributed by atoms with van der Waals surface area (Å²) in [5.41, 5.74) is 2.09. The first kappa shape index (κ1) is 18.9. The van der Waals surface area contributed by atoms with E-state index >= 15 is 0 Å². The molecule has 6 nitrogen and oxygen atoms in total. The first-order valence-electron chi connectivity index (χ1n) is 8.80. The standard InChI is InChI=1S/C21H25NO5/c1-24-17-7-5-14(9-19(17)26-3)12-22-13-16(11-21(22)23)15-6-8-18(25-2)20(10-15)27-4/h5-10,16H,11-13H2,1-4H3.